The molecule has 1 aromatic heterocycles. The van der Waals surface area contributed by atoms with Gasteiger partial charge in [0.2, 0.25) is 0 Å². The quantitative estimate of drug-likeness (QED) is 0.867. The molecule has 0 radical (unpaired) electrons. The molecule has 0 aromatic carbocycles. The molecule has 1 N–H and O–H groups in total. The maximum atomic E-state index is 9.91. The first-order valence-corrected chi connectivity index (χ1v) is 6.01. The third-order valence-electron chi connectivity index (χ3n) is 2.59. The number of thiophene rings is 1. The monoisotopic (exact) mass is 232 g/mol. The molecule has 1 fully saturated rings. The van der Waals surface area contributed by atoms with Crippen molar-refractivity contribution in [2.75, 3.05) is 13.2 Å². The molecule has 2 nitrogen and oxygen atoms in total. The Bertz CT molecular complexity index is 294. The number of rotatable bonds is 3. The minimum absolute atomic E-state index is 0.285. The van der Waals surface area contributed by atoms with Crippen molar-refractivity contribution in [3.8, 4) is 0 Å². The van der Waals surface area contributed by atoms with E-state index in [4.69, 9.17) is 16.3 Å². The first-order chi connectivity index (χ1) is 6.77. The molecule has 4 heteroatoms. The van der Waals surface area contributed by atoms with Gasteiger partial charge in [-0.25, -0.2) is 0 Å². The van der Waals surface area contributed by atoms with E-state index in [0.717, 1.165) is 22.9 Å². The van der Waals surface area contributed by atoms with Crippen LogP contribution in [0.2, 0.25) is 5.02 Å². The molecule has 2 heterocycles. The van der Waals surface area contributed by atoms with Crippen LogP contribution in [0.5, 0.6) is 0 Å². The number of ether oxygens (including phenoxy) is 1. The second-order valence-corrected chi connectivity index (χ2v) is 4.99. The number of hydrogen-bond acceptors (Lipinski definition) is 3. The lowest BCUT2D eigenvalue weighted by atomic mass is 9.99. The predicted octanol–water partition coefficient (Wildman–Crippen LogP) is 2.34. The van der Waals surface area contributed by atoms with E-state index in [9.17, 15) is 5.11 Å². The van der Waals surface area contributed by atoms with Gasteiger partial charge in [0.05, 0.1) is 17.7 Å². The van der Waals surface area contributed by atoms with Crippen LogP contribution in [0.3, 0.4) is 0 Å². The summed E-state index contributed by atoms with van der Waals surface area (Å²) in [4.78, 5) is 1.08. The summed E-state index contributed by atoms with van der Waals surface area (Å²) in [5, 5.41) is 12.6. The van der Waals surface area contributed by atoms with Gasteiger partial charge in [-0.1, -0.05) is 11.6 Å². The van der Waals surface area contributed by atoms with Gasteiger partial charge in [-0.3, -0.25) is 0 Å². The lowest BCUT2D eigenvalue weighted by molar-refractivity contribution is 0.0925. The van der Waals surface area contributed by atoms with Gasteiger partial charge in [-0.2, -0.15) is 0 Å². The van der Waals surface area contributed by atoms with E-state index >= 15 is 0 Å². The van der Waals surface area contributed by atoms with E-state index in [0.29, 0.717) is 13.0 Å². The number of halogens is 1. The molecular formula is C10H13ClO2S. The Morgan fingerprint density at radius 3 is 3.14 bits per heavy atom. The Morgan fingerprint density at radius 1 is 1.71 bits per heavy atom. The molecule has 0 bridgehead atoms. The largest absolute Gasteiger partial charge is 0.392 e. The zero-order valence-corrected chi connectivity index (χ0v) is 9.35. The van der Waals surface area contributed by atoms with Crippen LogP contribution in [0.1, 0.15) is 11.3 Å². The Labute approximate surface area is 92.5 Å². The molecule has 0 amide bonds. The van der Waals surface area contributed by atoms with Crippen molar-refractivity contribution in [1.29, 1.82) is 0 Å². The second kappa shape index (κ2) is 4.62. The fraction of sp³-hybridized carbons (Fsp3) is 0.600. The molecule has 1 aromatic rings. The van der Waals surface area contributed by atoms with E-state index in [1.165, 1.54) is 0 Å². The van der Waals surface area contributed by atoms with Crippen molar-refractivity contribution in [2.24, 2.45) is 5.92 Å². The van der Waals surface area contributed by atoms with Crippen LogP contribution < -0.4 is 0 Å². The fourth-order valence-corrected chi connectivity index (χ4v) is 2.85. The Hall–Kier alpha value is -0.0900. The highest BCUT2D eigenvalue weighted by atomic mass is 35.5. The summed E-state index contributed by atoms with van der Waals surface area (Å²) in [7, 11) is 0. The Balaban J connectivity index is 1.93. The standard InChI is InChI=1S/C10H13ClO2S/c11-8-2-4-14-10(8)5-9(12)7-1-3-13-6-7/h2,4,7,9,12H,1,3,5-6H2. The number of hydrogen-bond donors (Lipinski definition) is 1. The van der Waals surface area contributed by atoms with Crippen molar-refractivity contribution in [1.82, 2.24) is 0 Å². The van der Waals surface area contributed by atoms with Gasteiger partial charge < -0.3 is 9.84 Å². The van der Waals surface area contributed by atoms with Crippen LogP contribution in [0.15, 0.2) is 11.4 Å². The lowest BCUT2D eigenvalue weighted by Crippen LogP contribution is -2.22. The van der Waals surface area contributed by atoms with Gasteiger partial charge in [-0.05, 0) is 17.9 Å². The molecule has 2 unspecified atom stereocenters. The van der Waals surface area contributed by atoms with Gasteiger partial charge in [0.1, 0.15) is 0 Å². The predicted molar refractivity (Wildman–Crippen MR) is 58.0 cm³/mol. The average Bonchev–Trinajstić information content (AvgIpc) is 2.77. The van der Waals surface area contributed by atoms with E-state index in [1.807, 2.05) is 11.4 Å². The third kappa shape index (κ3) is 2.28. The van der Waals surface area contributed by atoms with Crippen molar-refractivity contribution < 1.29 is 9.84 Å². The summed E-state index contributed by atoms with van der Waals surface area (Å²) < 4.78 is 5.24. The van der Waals surface area contributed by atoms with Crippen LogP contribution in [0, 0.1) is 5.92 Å². The highest BCUT2D eigenvalue weighted by molar-refractivity contribution is 7.10. The van der Waals surface area contributed by atoms with Crippen molar-refractivity contribution in [3.05, 3.63) is 21.3 Å². The van der Waals surface area contributed by atoms with Crippen LogP contribution in [-0.2, 0) is 11.2 Å². The molecule has 14 heavy (non-hydrogen) atoms. The Morgan fingerprint density at radius 2 is 2.57 bits per heavy atom. The molecule has 0 saturated carbocycles. The topological polar surface area (TPSA) is 29.5 Å². The zero-order valence-electron chi connectivity index (χ0n) is 7.78. The Kier molecular flexibility index (Phi) is 3.44. The highest BCUT2D eigenvalue weighted by Gasteiger charge is 2.24. The van der Waals surface area contributed by atoms with Crippen LogP contribution in [-0.4, -0.2) is 24.4 Å². The molecule has 2 rings (SSSR count). The van der Waals surface area contributed by atoms with E-state index in [2.05, 4.69) is 0 Å². The molecular weight excluding hydrogens is 220 g/mol. The van der Waals surface area contributed by atoms with Gasteiger partial charge in [0.15, 0.2) is 0 Å². The van der Waals surface area contributed by atoms with E-state index < -0.39 is 0 Å². The summed E-state index contributed by atoms with van der Waals surface area (Å²) in [6.07, 6.45) is 1.31. The second-order valence-electron chi connectivity index (χ2n) is 3.59. The van der Waals surface area contributed by atoms with Crippen molar-refractivity contribution in [3.63, 3.8) is 0 Å². The van der Waals surface area contributed by atoms with Gasteiger partial charge in [0.25, 0.3) is 0 Å². The first kappa shape index (κ1) is 10.4. The summed E-state index contributed by atoms with van der Waals surface area (Å²) in [6.45, 7) is 1.46. The smallest absolute Gasteiger partial charge is 0.0639 e. The molecule has 78 valence electrons. The molecule has 1 aliphatic heterocycles. The number of aliphatic hydroxyl groups excluding tert-OH is 1. The normalized spacial score (nSPS) is 24.0. The van der Waals surface area contributed by atoms with Gasteiger partial charge in [0, 0.05) is 23.8 Å². The van der Waals surface area contributed by atoms with Crippen LogP contribution in [0.4, 0.5) is 0 Å². The van der Waals surface area contributed by atoms with Crippen molar-refractivity contribution in [2.45, 2.75) is 18.9 Å². The minimum Gasteiger partial charge on any atom is -0.392 e. The molecule has 2 atom stereocenters. The fourth-order valence-electron chi connectivity index (χ4n) is 1.68. The maximum absolute atomic E-state index is 9.91. The van der Waals surface area contributed by atoms with E-state index in [1.54, 1.807) is 11.3 Å². The van der Waals surface area contributed by atoms with Crippen LogP contribution >= 0.6 is 22.9 Å². The summed E-state index contributed by atoms with van der Waals surface area (Å²) in [5.74, 6) is 0.285. The average molecular weight is 233 g/mol. The molecule has 1 saturated heterocycles. The summed E-state index contributed by atoms with van der Waals surface area (Å²) in [5.41, 5.74) is 0. The first-order valence-electron chi connectivity index (χ1n) is 4.75. The number of aliphatic hydroxyl groups is 1. The summed E-state index contributed by atoms with van der Waals surface area (Å²) in [6, 6.07) is 1.87. The summed E-state index contributed by atoms with van der Waals surface area (Å²) >= 11 is 7.56. The molecule has 1 aliphatic rings. The zero-order chi connectivity index (χ0) is 9.97. The molecule has 0 aliphatic carbocycles. The lowest BCUT2D eigenvalue weighted by Gasteiger charge is -2.15. The maximum Gasteiger partial charge on any atom is 0.0639 e. The van der Waals surface area contributed by atoms with Gasteiger partial charge in [-0.15, -0.1) is 11.3 Å². The van der Waals surface area contributed by atoms with Crippen molar-refractivity contribution >= 4 is 22.9 Å². The van der Waals surface area contributed by atoms with Crippen LogP contribution in [0.25, 0.3) is 0 Å². The highest BCUT2D eigenvalue weighted by Crippen LogP contribution is 2.27. The third-order valence-corrected chi connectivity index (χ3v) is 4.00. The minimum atomic E-state index is -0.311. The molecule has 0 spiro atoms. The van der Waals surface area contributed by atoms with Gasteiger partial charge >= 0.3 is 0 Å². The van der Waals surface area contributed by atoms with E-state index in [-0.39, 0.29) is 12.0 Å². The SMILES string of the molecule is OC(Cc1sccc1Cl)C1CCOC1.